The highest BCUT2D eigenvalue weighted by Gasteiger charge is 2.20. The molecule has 0 aliphatic heterocycles. The Balaban J connectivity index is 2.09. The van der Waals surface area contributed by atoms with Gasteiger partial charge in [0.1, 0.15) is 11.3 Å². The summed E-state index contributed by atoms with van der Waals surface area (Å²) in [6, 6.07) is 5.32. The maximum atomic E-state index is 12.1. The zero-order chi connectivity index (χ0) is 17.0. The standard InChI is InChI=1S/C17H21NO5/c1-5-10(2)18-15(19)9-22-17(20)16-11(3)13-8-12(21-4)6-7-14(13)23-16/h6-8,10H,5,9H2,1-4H3,(H,18,19). The lowest BCUT2D eigenvalue weighted by molar-refractivity contribution is -0.124. The molecule has 0 aliphatic carbocycles. The number of aryl methyl sites for hydroxylation is 1. The summed E-state index contributed by atoms with van der Waals surface area (Å²) in [7, 11) is 1.57. The molecule has 6 nitrogen and oxygen atoms in total. The highest BCUT2D eigenvalue weighted by molar-refractivity contribution is 5.97. The van der Waals surface area contributed by atoms with Crippen molar-refractivity contribution >= 4 is 22.8 Å². The first-order valence-corrected chi connectivity index (χ1v) is 7.49. The van der Waals surface area contributed by atoms with Crippen molar-refractivity contribution in [2.24, 2.45) is 0 Å². The van der Waals surface area contributed by atoms with Gasteiger partial charge in [-0.1, -0.05) is 6.92 Å². The van der Waals surface area contributed by atoms with Crippen LogP contribution >= 0.6 is 0 Å². The summed E-state index contributed by atoms with van der Waals surface area (Å²) in [5.74, 6) is -0.209. The van der Waals surface area contributed by atoms with Gasteiger partial charge < -0.3 is 19.2 Å². The second-order valence-corrected chi connectivity index (χ2v) is 5.37. The number of ether oxygens (including phenoxy) is 2. The summed E-state index contributed by atoms with van der Waals surface area (Å²) in [5, 5.41) is 3.51. The molecule has 1 aromatic heterocycles. The Morgan fingerprint density at radius 1 is 1.35 bits per heavy atom. The van der Waals surface area contributed by atoms with Crippen LogP contribution in [0, 0.1) is 6.92 Å². The second-order valence-electron chi connectivity index (χ2n) is 5.37. The molecule has 23 heavy (non-hydrogen) atoms. The van der Waals surface area contributed by atoms with Crippen LogP contribution in [-0.2, 0) is 9.53 Å². The Hall–Kier alpha value is -2.50. The summed E-state index contributed by atoms with van der Waals surface area (Å²) >= 11 is 0. The third-order valence-corrected chi connectivity index (χ3v) is 3.68. The van der Waals surface area contributed by atoms with Gasteiger partial charge in [-0.05, 0) is 38.5 Å². The highest BCUT2D eigenvalue weighted by Crippen LogP contribution is 2.29. The van der Waals surface area contributed by atoms with Crippen molar-refractivity contribution in [3.05, 3.63) is 29.5 Å². The molecule has 1 N–H and O–H groups in total. The van der Waals surface area contributed by atoms with Crippen LogP contribution in [-0.4, -0.2) is 31.6 Å². The molecule has 6 heteroatoms. The van der Waals surface area contributed by atoms with Crippen molar-refractivity contribution in [2.75, 3.05) is 13.7 Å². The molecule has 1 aromatic carbocycles. The van der Waals surface area contributed by atoms with E-state index in [1.54, 1.807) is 32.2 Å². The molecule has 0 radical (unpaired) electrons. The number of rotatable bonds is 6. The molecule has 124 valence electrons. The minimum Gasteiger partial charge on any atom is -0.497 e. The van der Waals surface area contributed by atoms with E-state index in [-0.39, 0.29) is 24.3 Å². The highest BCUT2D eigenvalue weighted by atomic mass is 16.5. The van der Waals surface area contributed by atoms with E-state index in [0.717, 1.165) is 11.8 Å². The maximum absolute atomic E-state index is 12.1. The Morgan fingerprint density at radius 2 is 2.09 bits per heavy atom. The van der Waals surface area contributed by atoms with Crippen LogP contribution in [0.2, 0.25) is 0 Å². The fourth-order valence-electron chi connectivity index (χ4n) is 2.14. The first-order valence-electron chi connectivity index (χ1n) is 7.49. The molecule has 0 saturated heterocycles. The van der Waals surface area contributed by atoms with Gasteiger partial charge >= 0.3 is 5.97 Å². The lowest BCUT2D eigenvalue weighted by Crippen LogP contribution is -2.35. The van der Waals surface area contributed by atoms with Gasteiger partial charge in [0.15, 0.2) is 6.61 Å². The zero-order valence-corrected chi connectivity index (χ0v) is 13.8. The van der Waals surface area contributed by atoms with Crippen molar-refractivity contribution in [2.45, 2.75) is 33.2 Å². The summed E-state index contributed by atoms with van der Waals surface area (Å²) in [6.45, 7) is 5.28. The number of carbonyl (C=O) groups excluding carboxylic acids is 2. The van der Waals surface area contributed by atoms with Crippen LogP contribution in [0.3, 0.4) is 0 Å². The SMILES string of the molecule is CCC(C)NC(=O)COC(=O)c1oc2ccc(OC)cc2c1C. The molecule has 0 fully saturated rings. The summed E-state index contributed by atoms with van der Waals surface area (Å²) < 4.78 is 15.7. The summed E-state index contributed by atoms with van der Waals surface area (Å²) in [4.78, 5) is 23.8. The molecule has 0 saturated carbocycles. The molecule has 0 spiro atoms. The average Bonchev–Trinajstić information content (AvgIpc) is 2.88. The third-order valence-electron chi connectivity index (χ3n) is 3.68. The number of furan rings is 1. The smallest absolute Gasteiger partial charge is 0.375 e. The van der Waals surface area contributed by atoms with Gasteiger partial charge in [0, 0.05) is 17.0 Å². The van der Waals surface area contributed by atoms with Crippen LogP contribution in [0.25, 0.3) is 11.0 Å². The topological polar surface area (TPSA) is 77.8 Å². The van der Waals surface area contributed by atoms with E-state index >= 15 is 0 Å². The lowest BCUT2D eigenvalue weighted by atomic mass is 10.1. The molecule has 0 aliphatic rings. The Morgan fingerprint density at radius 3 is 2.74 bits per heavy atom. The molecule has 1 unspecified atom stereocenters. The summed E-state index contributed by atoms with van der Waals surface area (Å²) in [5.41, 5.74) is 1.23. The first-order chi connectivity index (χ1) is 11.0. The number of carbonyl (C=O) groups is 2. The number of esters is 1. The molecule has 1 atom stereocenters. The molecule has 1 heterocycles. The van der Waals surface area contributed by atoms with E-state index < -0.39 is 5.97 Å². The molecular weight excluding hydrogens is 298 g/mol. The van der Waals surface area contributed by atoms with E-state index in [9.17, 15) is 9.59 Å². The van der Waals surface area contributed by atoms with Gasteiger partial charge in [-0.2, -0.15) is 0 Å². The van der Waals surface area contributed by atoms with Crippen LogP contribution in [0.15, 0.2) is 22.6 Å². The first kappa shape index (κ1) is 16.9. The van der Waals surface area contributed by atoms with Crippen LogP contribution < -0.4 is 10.1 Å². The van der Waals surface area contributed by atoms with Crippen molar-refractivity contribution < 1.29 is 23.5 Å². The Bertz CT molecular complexity index is 719. The fraction of sp³-hybridized carbons (Fsp3) is 0.412. The van der Waals surface area contributed by atoms with E-state index in [4.69, 9.17) is 13.9 Å². The van der Waals surface area contributed by atoms with E-state index in [0.29, 0.717) is 16.9 Å². The lowest BCUT2D eigenvalue weighted by Gasteiger charge is -2.11. The van der Waals surface area contributed by atoms with E-state index in [1.807, 2.05) is 13.8 Å². The van der Waals surface area contributed by atoms with Gasteiger partial charge in [0.25, 0.3) is 5.91 Å². The maximum Gasteiger partial charge on any atom is 0.375 e. The van der Waals surface area contributed by atoms with Crippen molar-refractivity contribution in [3.8, 4) is 5.75 Å². The minimum atomic E-state index is -0.656. The van der Waals surface area contributed by atoms with Crippen molar-refractivity contribution in [3.63, 3.8) is 0 Å². The molecule has 2 rings (SSSR count). The average molecular weight is 319 g/mol. The van der Waals surface area contributed by atoms with E-state index in [1.165, 1.54) is 0 Å². The third kappa shape index (κ3) is 3.83. The Kier molecular flexibility index (Phi) is 5.26. The van der Waals surface area contributed by atoms with Gasteiger partial charge in [-0.3, -0.25) is 4.79 Å². The van der Waals surface area contributed by atoms with Crippen LogP contribution in [0.1, 0.15) is 36.4 Å². The predicted molar refractivity (Wildman–Crippen MR) is 85.7 cm³/mol. The largest absolute Gasteiger partial charge is 0.497 e. The molecule has 1 amide bonds. The van der Waals surface area contributed by atoms with Gasteiger partial charge in [-0.15, -0.1) is 0 Å². The number of nitrogens with one attached hydrogen (secondary N) is 1. The zero-order valence-electron chi connectivity index (χ0n) is 13.8. The Labute approximate surface area is 134 Å². The molecule has 0 bridgehead atoms. The van der Waals surface area contributed by atoms with Crippen LogP contribution in [0.4, 0.5) is 0 Å². The number of amides is 1. The minimum absolute atomic E-state index is 0.0432. The number of hydrogen-bond donors (Lipinski definition) is 1. The molecular formula is C17H21NO5. The van der Waals surface area contributed by atoms with Crippen molar-refractivity contribution in [1.29, 1.82) is 0 Å². The van der Waals surface area contributed by atoms with Gasteiger partial charge in [0.05, 0.1) is 7.11 Å². The normalized spacial score (nSPS) is 12.0. The fourth-order valence-corrected chi connectivity index (χ4v) is 2.14. The monoisotopic (exact) mass is 319 g/mol. The number of benzene rings is 1. The van der Waals surface area contributed by atoms with Crippen LogP contribution in [0.5, 0.6) is 5.75 Å². The van der Waals surface area contributed by atoms with Gasteiger partial charge in [-0.25, -0.2) is 4.79 Å². The van der Waals surface area contributed by atoms with E-state index in [2.05, 4.69) is 5.32 Å². The number of methoxy groups -OCH3 is 1. The quantitative estimate of drug-likeness (QED) is 0.828. The van der Waals surface area contributed by atoms with Crippen molar-refractivity contribution in [1.82, 2.24) is 5.32 Å². The molecule has 2 aromatic rings. The number of hydrogen-bond acceptors (Lipinski definition) is 5. The summed E-state index contributed by atoms with van der Waals surface area (Å²) in [6.07, 6.45) is 0.810. The number of fused-ring (bicyclic) bond motifs is 1. The van der Waals surface area contributed by atoms with Gasteiger partial charge in [0.2, 0.25) is 5.76 Å². The second kappa shape index (κ2) is 7.17. The predicted octanol–water partition coefficient (Wildman–Crippen LogP) is 2.82.